The van der Waals surface area contributed by atoms with Crippen LogP contribution in [0.5, 0.6) is 0 Å². The van der Waals surface area contributed by atoms with Crippen LogP contribution in [0.25, 0.3) is 0 Å². The number of nitrogens with zero attached hydrogens (tertiary/aromatic N) is 2. The first-order chi connectivity index (χ1) is 11.7. The van der Waals surface area contributed by atoms with Crippen LogP contribution in [0.2, 0.25) is 0 Å². The number of aryl methyl sites for hydroxylation is 1. The predicted octanol–water partition coefficient (Wildman–Crippen LogP) is 4.48. The van der Waals surface area contributed by atoms with Crippen LogP contribution in [0.15, 0.2) is 23.2 Å². The van der Waals surface area contributed by atoms with Crippen molar-refractivity contribution >= 4 is 17.2 Å². The van der Waals surface area contributed by atoms with Crippen LogP contribution in [0.1, 0.15) is 39.3 Å². The number of carbonyl (C=O) groups excluding carboxylic acids is 1. The minimum atomic E-state index is -4.75. The second kappa shape index (κ2) is 6.40. The Hall–Kier alpha value is -1.96. The van der Waals surface area contributed by atoms with E-state index >= 15 is 0 Å². The summed E-state index contributed by atoms with van der Waals surface area (Å²) in [5.74, 6) is -1.48. The zero-order chi connectivity index (χ0) is 18.4. The van der Waals surface area contributed by atoms with E-state index < -0.39 is 29.0 Å². The molecule has 1 aliphatic carbocycles. The summed E-state index contributed by atoms with van der Waals surface area (Å²) in [7, 11) is 0. The van der Waals surface area contributed by atoms with Gasteiger partial charge in [0.15, 0.2) is 4.80 Å². The van der Waals surface area contributed by atoms with Crippen LogP contribution in [0.4, 0.5) is 17.6 Å². The molecule has 3 nitrogen and oxygen atoms in total. The fraction of sp³-hybridized carbons (Fsp3) is 0.412. The highest BCUT2D eigenvalue weighted by Crippen LogP contribution is 2.33. The largest absolute Gasteiger partial charge is 0.417 e. The lowest BCUT2D eigenvalue weighted by Gasteiger charge is -2.10. The van der Waals surface area contributed by atoms with E-state index in [1.807, 2.05) is 18.4 Å². The molecule has 25 heavy (non-hydrogen) atoms. The van der Waals surface area contributed by atoms with Gasteiger partial charge < -0.3 is 4.57 Å². The molecule has 1 fully saturated rings. The van der Waals surface area contributed by atoms with Crippen LogP contribution < -0.4 is 4.80 Å². The molecule has 0 spiro atoms. The van der Waals surface area contributed by atoms with E-state index in [1.54, 1.807) is 0 Å². The van der Waals surface area contributed by atoms with Gasteiger partial charge in [-0.25, -0.2) is 4.39 Å². The lowest BCUT2D eigenvalue weighted by atomic mass is 10.1. The smallest absolute Gasteiger partial charge is 0.320 e. The number of thiazole rings is 1. The van der Waals surface area contributed by atoms with Crippen molar-refractivity contribution in [1.29, 1.82) is 0 Å². The molecule has 1 amide bonds. The van der Waals surface area contributed by atoms with Gasteiger partial charge in [-0.05, 0) is 50.8 Å². The summed E-state index contributed by atoms with van der Waals surface area (Å²) in [6.07, 6.45) is -2.56. The first-order valence-electron chi connectivity index (χ1n) is 7.79. The van der Waals surface area contributed by atoms with Gasteiger partial charge in [-0.1, -0.05) is 0 Å². The maximum absolute atomic E-state index is 13.4. The fourth-order valence-corrected chi connectivity index (χ4v) is 3.53. The van der Waals surface area contributed by atoms with E-state index in [2.05, 4.69) is 4.99 Å². The van der Waals surface area contributed by atoms with Crippen molar-refractivity contribution < 1.29 is 22.4 Å². The highest BCUT2D eigenvalue weighted by molar-refractivity contribution is 7.09. The molecule has 1 aromatic heterocycles. The average molecular weight is 372 g/mol. The monoisotopic (exact) mass is 372 g/mol. The van der Waals surface area contributed by atoms with Crippen LogP contribution in [0.3, 0.4) is 0 Å². The van der Waals surface area contributed by atoms with Gasteiger partial charge in [0.25, 0.3) is 5.91 Å². The first-order valence-corrected chi connectivity index (χ1v) is 8.61. The third-order valence-corrected chi connectivity index (χ3v) is 5.34. The second-order valence-electron chi connectivity index (χ2n) is 6.18. The summed E-state index contributed by atoms with van der Waals surface area (Å²) < 4.78 is 54.5. The Kier molecular flexibility index (Phi) is 4.57. The van der Waals surface area contributed by atoms with Crippen LogP contribution >= 0.6 is 11.3 Å². The molecular formula is C17H16F4N2OS. The summed E-state index contributed by atoms with van der Waals surface area (Å²) in [4.78, 5) is 17.5. The van der Waals surface area contributed by atoms with Gasteiger partial charge in [0.1, 0.15) is 5.82 Å². The molecule has 1 saturated carbocycles. The Balaban J connectivity index is 2.07. The average Bonchev–Trinajstić information content (AvgIpc) is 3.29. The van der Waals surface area contributed by atoms with Crippen molar-refractivity contribution in [1.82, 2.24) is 4.57 Å². The first kappa shape index (κ1) is 17.8. The minimum Gasteiger partial charge on any atom is -0.320 e. The quantitative estimate of drug-likeness (QED) is 0.732. The molecule has 1 aromatic carbocycles. The van der Waals surface area contributed by atoms with Crippen molar-refractivity contribution in [3.05, 3.63) is 50.5 Å². The molecule has 0 bridgehead atoms. The minimum absolute atomic E-state index is 0.351. The molecular weight excluding hydrogens is 356 g/mol. The second-order valence-corrected chi connectivity index (χ2v) is 7.37. The maximum atomic E-state index is 13.4. The number of halogens is 4. The Morgan fingerprint density at radius 1 is 1.32 bits per heavy atom. The van der Waals surface area contributed by atoms with Crippen molar-refractivity contribution in [2.24, 2.45) is 10.9 Å². The van der Waals surface area contributed by atoms with E-state index in [-0.39, 0.29) is 0 Å². The molecule has 0 N–H and O–H groups in total. The lowest BCUT2D eigenvalue weighted by Crippen LogP contribution is -2.20. The summed E-state index contributed by atoms with van der Waals surface area (Å²) in [6.45, 7) is 4.45. The highest BCUT2D eigenvalue weighted by atomic mass is 32.1. The molecule has 0 unspecified atom stereocenters. The third kappa shape index (κ3) is 3.84. The van der Waals surface area contributed by atoms with Gasteiger partial charge in [-0.15, -0.1) is 11.3 Å². The number of hydrogen-bond acceptors (Lipinski definition) is 2. The molecule has 0 radical (unpaired) electrons. The molecule has 2 aromatic rings. The van der Waals surface area contributed by atoms with E-state index in [0.717, 1.165) is 23.4 Å². The predicted molar refractivity (Wildman–Crippen MR) is 85.8 cm³/mol. The number of rotatable bonds is 3. The summed E-state index contributed by atoms with van der Waals surface area (Å²) in [5, 5.41) is 0. The summed E-state index contributed by atoms with van der Waals surface area (Å²) in [5.41, 5.74) is -1.01. The van der Waals surface area contributed by atoms with Crippen molar-refractivity contribution in [2.45, 2.75) is 39.4 Å². The Morgan fingerprint density at radius 2 is 2.00 bits per heavy atom. The van der Waals surface area contributed by atoms with Crippen molar-refractivity contribution in [2.75, 3.05) is 0 Å². The SMILES string of the molecule is Cc1s/c(=N\C(=O)c2cc(F)ccc2C(F)(F)F)n(CC2CC2)c1C. The molecule has 134 valence electrons. The normalized spacial score (nSPS) is 15.7. The molecule has 8 heteroatoms. The lowest BCUT2D eigenvalue weighted by molar-refractivity contribution is -0.137. The highest BCUT2D eigenvalue weighted by Gasteiger charge is 2.35. The van der Waals surface area contributed by atoms with E-state index in [4.69, 9.17) is 0 Å². The fourth-order valence-electron chi connectivity index (χ4n) is 2.54. The number of hydrogen-bond donors (Lipinski definition) is 0. The van der Waals surface area contributed by atoms with Crippen LogP contribution in [-0.4, -0.2) is 10.5 Å². The molecule has 3 rings (SSSR count). The van der Waals surface area contributed by atoms with Gasteiger partial charge in [0.2, 0.25) is 0 Å². The number of carbonyl (C=O) groups is 1. The molecule has 1 aliphatic rings. The number of amides is 1. The molecule has 1 heterocycles. The molecule has 0 atom stereocenters. The summed E-state index contributed by atoms with van der Waals surface area (Å²) in [6, 6.07) is 1.85. The third-order valence-electron chi connectivity index (χ3n) is 4.24. The zero-order valence-corrected chi connectivity index (χ0v) is 14.5. The van der Waals surface area contributed by atoms with Crippen molar-refractivity contribution in [3.8, 4) is 0 Å². The van der Waals surface area contributed by atoms with Gasteiger partial charge >= 0.3 is 6.18 Å². The standard InChI is InChI=1S/C17H16F4N2OS/c1-9-10(2)25-16(23(9)8-11-3-4-11)22-15(24)13-7-12(18)5-6-14(13)17(19,20)21/h5-7,11H,3-4,8H2,1-2H3/b22-16-. The van der Waals surface area contributed by atoms with Gasteiger partial charge in [-0.3, -0.25) is 4.79 Å². The number of alkyl halides is 3. The van der Waals surface area contributed by atoms with Gasteiger partial charge in [-0.2, -0.15) is 18.2 Å². The van der Waals surface area contributed by atoms with Crippen molar-refractivity contribution in [3.63, 3.8) is 0 Å². The Bertz CT molecular complexity index is 891. The maximum Gasteiger partial charge on any atom is 0.417 e. The van der Waals surface area contributed by atoms with Crippen LogP contribution in [-0.2, 0) is 12.7 Å². The number of benzene rings is 1. The topological polar surface area (TPSA) is 34.4 Å². The Morgan fingerprint density at radius 3 is 2.60 bits per heavy atom. The van der Waals surface area contributed by atoms with Gasteiger partial charge in [0, 0.05) is 17.1 Å². The number of aromatic nitrogens is 1. The van der Waals surface area contributed by atoms with E-state index in [0.29, 0.717) is 35.5 Å². The summed E-state index contributed by atoms with van der Waals surface area (Å²) >= 11 is 1.25. The zero-order valence-electron chi connectivity index (χ0n) is 13.7. The van der Waals surface area contributed by atoms with E-state index in [1.165, 1.54) is 11.3 Å². The molecule has 0 aliphatic heterocycles. The molecule has 0 saturated heterocycles. The van der Waals surface area contributed by atoms with Gasteiger partial charge in [0.05, 0.1) is 11.1 Å². The van der Waals surface area contributed by atoms with E-state index in [9.17, 15) is 22.4 Å². The van der Waals surface area contributed by atoms with Crippen LogP contribution in [0, 0.1) is 25.6 Å². The Labute approximate surface area is 145 Å².